The van der Waals surface area contributed by atoms with Gasteiger partial charge in [0.25, 0.3) is 0 Å². The Morgan fingerprint density at radius 1 is 1.65 bits per heavy atom. The Labute approximate surface area is 102 Å². The summed E-state index contributed by atoms with van der Waals surface area (Å²) in [7, 11) is 1.89. The normalized spacial score (nSPS) is 19.2. The predicted molar refractivity (Wildman–Crippen MR) is 64.0 cm³/mol. The maximum absolute atomic E-state index is 5.81. The lowest BCUT2D eigenvalue weighted by molar-refractivity contribution is 0.0185. The van der Waals surface area contributed by atoms with Crippen LogP contribution in [0.5, 0.6) is 0 Å². The second-order valence-corrected chi connectivity index (χ2v) is 4.53. The molecule has 3 N–H and O–H groups in total. The lowest BCUT2D eigenvalue weighted by Gasteiger charge is -2.26. The largest absolute Gasteiger partial charge is 0.377 e. The highest BCUT2D eigenvalue weighted by Crippen LogP contribution is 2.36. The summed E-state index contributed by atoms with van der Waals surface area (Å²) in [5.74, 6) is 7.22. The molecule has 6 heteroatoms. The first kappa shape index (κ1) is 12.5. The molecular formula is C11H21N5O. The molecule has 0 spiro atoms. The summed E-state index contributed by atoms with van der Waals surface area (Å²) in [4.78, 5) is 4.23. The molecule has 0 aromatic carbocycles. The van der Waals surface area contributed by atoms with Gasteiger partial charge in [-0.05, 0) is 25.7 Å². The average Bonchev–Trinajstić information content (AvgIpc) is 3.09. The third kappa shape index (κ3) is 3.02. The molecule has 1 fully saturated rings. The summed E-state index contributed by atoms with van der Waals surface area (Å²) in [5, 5.41) is 4.07. The van der Waals surface area contributed by atoms with Gasteiger partial charge in [-0.3, -0.25) is 16.0 Å². The van der Waals surface area contributed by atoms with Crippen LogP contribution >= 0.6 is 0 Å². The molecule has 0 bridgehead atoms. The second kappa shape index (κ2) is 5.57. The van der Waals surface area contributed by atoms with Crippen LogP contribution in [0.25, 0.3) is 0 Å². The van der Waals surface area contributed by atoms with Crippen molar-refractivity contribution in [2.24, 2.45) is 18.8 Å². The van der Waals surface area contributed by atoms with Crippen LogP contribution in [0.15, 0.2) is 6.33 Å². The molecule has 0 radical (unpaired) electrons. The molecular weight excluding hydrogens is 218 g/mol. The van der Waals surface area contributed by atoms with E-state index in [4.69, 9.17) is 10.6 Å². The number of nitrogens with zero attached hydrogens (tertiary/aromatic N) is 3. The van der Waals surface area contributed by atoms with Crippen molar-refractivity contribution >= 4 is 0 Å². The minimum atomic E-state index is 0.102. The number of hydrazine groups is 1. The molecule has 6 nitrogen and oxygen atoms in total. The van der Waals surface area contributed by atoms with Crippen molar-refractivity contribution in [3.05, 3.63) is 12.2 Å². The topological polar surface area (TPSA) is 78.0 Å². The molecule has 2 unspecified atom stereocenters. The highest BCUT2D eigenvalue weighted by Gasteiger charge is 2.37. The van der Waals surface area contributed by atoms with Gasteiger partial charge in [-0.1, -0.05) is 0 Å². The van der Waals surface area contributed by atoms with Gasteiger partial charge in [0.2, 0.25) is 0 Å². The average molecular weight is 239 g/mol. The first-order chi connectivity index (χ1) is 8.26. The summed E-state index contributed by atoms with van der Waals surface area (Å²) < 4.78 is 7.59. The van der Waals surface area contributed by atoms with E-state index in [1.54, 1.807) is 11.0 Å². The van der Waals surface area contributed by atoms with Crippen LogP contribution in [-0.4, -0.2) is 33.5 Å². The van der Waals surface area contributed by atoms with Gasteiger partial charge in [-0.15, -0.1) is 0 Å². The minimum absolute atomic E-state index is 0.102. The minimum Gasteiger partial charge on any atom is -0.377 e. The molecule has 1 aromatic rings. The van der Waals surface area contributed by atoms with Crippen LogP contribution in [-0.2, 0) is 18.2 Å². The van der Waals surface area contributed by atoms with E-state index in [0.29, 0.717) is 5.92 Å². The molecule has 0 aliphatic heterocycles. The number of rotatable bonds is 7. The summed E-state index contributed by atoms with van der Waals surface area (Å²) in [6.45, 7) is 2.74. The Morgan fingerprint density at radius 3 is 2.88 bits per heavy atom. The highest BCUT2D eigenvalue weighted by atomic mass is 16.5. The Hall–Kier alpha value is -0.980. The molecule has 1 saturated carbocycles. The first-order valence-electron chi connectivity index (χ1n) is 6.16. The second-order valence-electron chi connectivity index (χ2n) is 4.53. The number of nitrogens with two attached hydrogens (primary N) is 1. The number of hydrogen-bond donors (Lipinski definition) is 2. The Kier molecular flexibility index (Phi) is 4.09. The zero-order valence-corrected chi connectivity index (χ0v) is 10.5. The number of aromatic nitrogens is 3. The molecule has 96 valence electrons. The monoisotopic (exact) mass is 239 g/mol. The van der Waals surface area contributed by atoms with Crippen LogP contribution in [0, 0.1) is 5.92 Å². The number of nitrogens with one attached hydrogen (secondary N) is 1. The summed E-state index contributed by atoms with van der Waals surface area (Å²) in [6.07, 6.45) is 4.97. The van der Waals surface area contributed by atoms with Gasteiger partial charge < -0.3 is 4.74 Å². The lowest BCUT2D eigenvalue weighted by Crippen LogP contribution is -2.48. The third-order valence-electron chi connectivity index (χ3n) is 3.26. The van der Waals surface area contributed by atoms with Gasteiger partial charge >= 0.3 is 0 Å². The first-order valence-corrected chi connectivity index (χ1v) is 6.16. The van der Waals surface area contributed by atoms with Crippen LogP contribution in [0.3, 0.4) is 0 Å². The van der Waals surface area contributed by atoms with Crippen molar-refractivity contribution in [3.8, 4) is 0 Å². The number of ether oxygens (including phenoxy) is 1. The van der Waals surface area contributed by atoms with Gasteiger partial charge in [-0.2, -0.15) is 5.10 Å². The molecule has 17 heavy (non-hydrogen) atoms. The Morgan fingerprint density at radius 2 is 2.41 bits per heavy atom. The number of hydrogen-bond acceptors (Lipinski definition) is 5. The fourth-order valence-electron chi connectivity index (χ4n) is 2.17. The van der Waals surface area contributed by atoms with E-state index in [2.05, 4.69) is 15.5 Å². The Bertz CT molecular complexity index is 349. The maximum Gasteiger partial charge on any atom is 0.138 e. The SMILES string of the molecule is CCOC(C1CC1)C(Cc1ncnn1C)NN. The van der Waals surface area contributed by atoms with Gasteiger partial charge in [0.1, 0.15) is 12.2 Å². The van der Waals surface area contributed by atoms with E-state index in [0.717, 1.165) is 18.9 Å². The Balaban J connectivity index is 2.01. The highest BCUT2D eigenvalue weighted by molar-refractivity contribution is 4.96. The van der Waals surface area contributed by atoms with Crippen molar-refractivity contribution in [1.29, 1.82) is 0 Å². The third-order valence-corrected chi connectivity index (χ3v) is 3.26. The van der Waals surface area contributed by atoms with Crippen molar-refractivity contribution < 1.29 is 4.74 Å². The van der Waals surface area contributed by atoms with E-state index in [1.807, 2.05) is 14.0 Å². The molecule has 1 heterocycles. The van der Waals surface area contributed by atoms with Crippen LogP contribution in [0.4, 0.5) is 0 Å². The van der Waals surface area contributed by atoms with Crippen LogP contribution in [0.2, 0.25) is 0 Å². The maximum atomic E-state index is 5.81. The molecule has 0 saturated heterocycles. The van der Waals surface area contributed by atoms with E-state index in [-0.39, 0.29) is 12.1 Å². The fraction of sp³-hybridized carbons (Fsp3) is 0.818. The van der Waals surface area contributed by atoms with Crippen molar-refractivity contribution in [1.82, 2.24) is 20.2 Å². The van der Waals surface area contributed by atoms with Gasteiger partial charge in [0.15, 0.2) is 0 Å². The molecule has 2 atom stereocenters. The van der Waals surface area contributed by atoms with E-state index >= 15 is 0 Å². The predicted octanol–water partition coefficient (Wildman–Crippen LogP) is 0.00460. The molecule has 1 aliphatic rings. The van der Waals surface area contributed by atoms with E-state index in [1.165, 1.54) is 12.8 Å². The lowest BCUT2D eigenvalue weighted by atomic mass is 10.0. The van der Waals surface area contributed by atoms with Crippen molar-refractivity contribution in [3.63, 3.8) is 0 Å². The fourth-order valence-corrected chi connectivity index (χ4v) is 2.17. The summed E-state index contributed by atoms with van der Waals surface area (Å²) in [6, 6.07) is 0.102. The standard InChI is InChI=1S/C11H21N5O/c1-3-17-11(8-4-5-8)9(15-12)6-10-13-7-14-16(10)2/h7-9,11,15H,3-6,12H2,1-2H3. The van der Waals surface area contributed by atoms with Crippen LogP contribution in [0.1, 0.15) is 25.6 Å². The zero-order valence-electron chi connectivity index (χ0n) is 10.5. The van der Waals surface area contributed by atoms with Gasteiger partial charge in [0.05, 0.1) is 12.1 Å². The van der Waals surface area contributed by atoms with Gasteiger partial charge in [0, 0.05) is 20.1 Å². The molecule has 2 rings (SSSR count). The summed E-state index contributed by atoms with van der Waals surface area (Å²) >= 11 is 0. The van der Waals surface area contributed by atoms with E-state index < -0.39 is 0 Å². The molecule has 1 aliphatic carbocycles. The zero-order chi connectivity index (χ0) is 12.3. The quantitative estimate of drug-likeness (QED) is 0.517. The smallest absolute Gasteiger partial charge is 0.138 e. The molecule has 1 aromatic heterocycles. The van der Waals surface area contributed by atoms with Crippen molar-refractivity contribution in [2.75, 3.05) is 6.61 Å². The van der Waals surface area contributed by atoms with Crippen LogP contribution < -0.4 is 11.3 Å². The summed E-state index contributed by atoms with van der Waals surface area (Å²) in [5.41, 5.74) is 2.87. The van der Waals surface area contributed by atoms with Gasteiger partial charge in [-0.25, -0.2) is 4.98 Å². The van der Waals surface area contributed by atoms with E-state index in [9.17, 15) is 0 Å². The number of aryl methyl sites for hydroxylation is 1. The molecule has 0 amide bonds. The van der Waals surface area contributed by atoms with Crippen molar-refractivity contribution in [2.45, 2.75) is 38.3 Å².